The standard InChI is InChI=1S/C22H21N5O3/c1-26-13-23-11-19(26)21(28)25-17-9-16-12-27(6-4-18(16)24-10-17)22(29)15-2-3-20-14(8-15)5-7-30-20/h2-3,8-11,13H,4-7,12H2,1H3,(H,25,28). The third kappa shape index (κ3) is 3.30. The van der Waals surface area contributed by atoms with Gasteiger partial charge in [-0.3, -0.25) is 14.6 Å². The van der Waals surface area contributed by atoms with Crippen molar-refractivity contribution in [1.82, 2.24) is 19.4 Å². The third-order valence-corrected chi connectivity index (χ3v) is 5.57. The van der Waals surface area contributed by atoms with Crippen LogP contribution in [0, 0.1) is 0 Å². The first kappa shape index (κ1) is 18.4. The quantitative estimate of drug-likeness (QED) is 0.724. The van der Waals surface area contributed by atoms with Gasteiger partial charge in [-0.25, -0.2) is 4.98 Å². The minimum atomic E-state index is -0.249. The lowest BCUT2D eigenvalue weighted by Crippen LogP contribution is -2.36. The summed E-state index contributed by atoms with van der Waals surface area (Å²) in [5, 5.41) is 2.86. The molecule has 1 N–H and O–H groups in total. The monoisotopic (exact) mass is 403 g/mol. The van der Waals surface area contributed by atoms with Gasteiger partial charge >= 0.3 is 0 Å². The fourth-order valence-corrected chi connectivity index (χ4v) is 3.94. The number of ether oxygens (including phenoxy) is 1. The van der Waals surface area contributed by atoms with Gasteiger partial charge in [0.25, 0.3) is 11.8 Å². The number of carbonyl (C=O) groups is 2. The predicted octanol–water partition coefficient (Wildman–Crippen LogP) is 2.20. The Balaban J connectivity index is 1.33. The Labute approximate surface area is 173 Å². The summed E-state index contributed by atoms with van der Waals surface area (Å²) in [4.78, 5) is 35.8. The number of carbonyl (C=O) groups excluding carboxylic acids is 2. The number of nitrogens with zero attached hydrogens (tertiary/aromatic N) is 4. The van der Waals surface area contributed by atoms with Crippen LogP contribution in [0.1, 0.15) is 37.7 Å². The van der Waals surface area contributed by atoms with Crippen molar-refractivity contribution < 1.29 is 14.3 Å². The van der Waals surface area contributed by atoms with E-state index in [1.165, 1.54) is 6.20 Å². The molecular formula is C22H21N5O3. The summed E-state index contributed by atoms with van der Waals surface area (Å²) >= 11 is 0. The molecule has 0 saturated carbocycles. The Hall–Kier alpha value is -3.68. The molecule has 0 fully saturated rings. The number of benzene rings is 1. The molecule has 1 aromatic carbocycles. The highest BCUT2D eigenvalue weighted by Crippen LogP contribution is 2.28. The number of rotatable bonds is 3. The minimum Gasteiger partial charge on any atom is -0.493 e. The molecule has 3 aromatic rings. The van der Waals surface area contributed by atoms with Crippen LogP contribution < -0.4 is 10.1 Å². The number of anilines is 1. The number of fused-ring (bicyclic) bond motifs is 2. The zero-order chi connectivity index (χ0) is 20.7. The molecule has 0 unspecified atom stereocenters. The molecule has 8 heteroatoms. The largest absolute Gasteiger partial charge is 0.493 e. The van der Waals surface area contributed by atoms with Crippen LogP contribution in [0.4, 0.5) is 5.69 Å². The Morgan fingerprint density at radius 1 is 1.13 bits per heavy atom. The van der Waals surface area contributed by atoms with E-state index in [9.17, 15) is 9.59 Å². The molecule has 8 nitrogen and oxygen atoms in total. The van der Waals surface area contributed by atoms with Gasteiger partial charge < -0.3 is 19.5 Å². The highest BCUT2D eigenvalue weighted by Gasteiger charge is 2.24. The molecule has 0 spiro atoms. The van der Waals surface area contributed by atoms with Crippen molar-refractivity contribution in [1.29, 1.82) is 0 Å². The summed E-state index contributed by atoms with van der Waals surface area (Å²) in [5.41, 5.74) is 4.73. The molecule has 30 heavy (non-hydrogen) atoms. The molecule has 0 aliphatic carbocycles. The van der Waals surface area contributed by atoms with E-state index < -0.39 is 0 Å². The van der Waals surface area contributed by atoms with Crippen molar-refractivity contribution >= 4 is 17.5 Å². The van der Waals surface area contributed by atoms with Crippen LogP contribution in [-0.4, -0.2) is 44.4 Å². The van der Waals surface area contributed by atoms with E-state index in [0.717, 1.165) is 29.0 Å². The van der Waals surface area contributed by atoms with Crippen molar-refractivity contribution in [2.45, 2.75) is 19.4 Å². The smallest absolute Gasteiger partial charge is 0.273 e. The second kappa shape index (κ2) is 7.29. The number of aryl methyl sites for hydroxylation is 1. The average Bonchev–Trinajstić information content (AvgIpc) is 3.40. The first-order valence-corrected chi connectivity index (χ1v) is 9.89. The number of amides is 2. The van der Waals surface area contributed by atoms with E-state index in [0.29, 0.717) is 43.1 Å². The number of hydrogen-bond acceptors (Lipinski definition) is 5. The summed E-state index contributed by atoms with van der Waals surface area (Å²) in [6.45, 7) is 1.75. The van der Waals surface area contributed by atoms with Crippen LogP contribution in [0.5, 0.6) is 5.75 Å². The number of nitrogens with one attached hydrogen (secondary N) is 1. The van der Waals surface area contributed by atoms with Crippen molar-refractivity contribution in [2.75, 3.05) is 18.5 Å². The molecule has 2 amide bonds. The lowest BCUT2D eigenvalue weighted by atomic mass is 10.0. The average molecular weight is 403 g/mol. The summed E-state index contributed by atoms with van der Waals surface area (Å²) < 4.78 is 7.19. The maximum atomic E-state index is 13.1. The van der Waals surface area contributed by atoms with Crippen molar-refractivity contribution in [3.63, 3.8) is 0 Å². The molecule has 2 aliphatic rings. The van der Waals surface area contributed by atoms with Gasteiger partial charge in [-0.2, -0.15) is 0 Å². The van der Waals surface area contributed by atoms with Gasteiger partial charge in [0.2, 0.25) is 0 Å². The van der Waals surface area contributed by atoms with E-state index >= 15 is 0 Å². The number of hydrogen-bond donors (Lipinski definition) is 1. The molecule has 0 radical (unpaired) electrons. The first-order chi connectivity index (χ1) is 14.6. The topological polar surface area (TPSA) is 89.4 Å². The predicted molar refractivity (Wildman–Crippen MR) is 109 cm³/mol. The molecule has 152 valence electrons. The van der Waals surface area contributed by atoms with Gasteiger partial charge in [-0.05, 0) is 35.4 Å². The van der Waals surface area contributed by atoms with E-state index in [-0.39, 0.29) is 11.8 Å². The number of imidazole rings is 1. The van der Waals surface area contributed by atoms with E-state index in [1.54, 1.807) is 24.1 Å². The van der Waals surface area contributed by atoms with Crippen molar-refractivity contribution in [3.05, 3.63) is 71.1 Å². The van der Waals surface area contributed by atoms with Gasteiger partial charge in [-0.15, -0.1) is 0 Å². The Morgan fingerprint density at radius 2 is 2.03 bits per heavy atom. The minimum absolute atomic E-state index is 0.000302. The van der Waals surface area contributed by atoms with E-state index in [1.807, 2.05) is 29.2 Å². The van der Waals surface area contributed by atoms with Crippen molar-refractivity contribution in [3.8, 4) is 5.75 Å². The van der Waals surface area contributed by atoms with Crippen LogP contribution in [0.25, 0.3) is 0 Å². The highest BCUT2D eigenvalue weighted by atomic mass is 16.5. The molecular weight excluding hydrogens is 382 g/mol. The Bertz CT molecular complexity index is 1150. The van der Waals surface area contributed by atoms with Gasteiger partial charge in [-0.1, -0.05) is 0 Å². The van der Waals surface area contributed by atoms with Crippen LogP contribution in [0.2, 0.25) is 0 Å². The summed E-state index contributed by atoms with van der Waals surface area (Å²) in [5.74, 6) is 0.620. The molecule has 2 aromatic heterocycles. The maximum absolute atomic E-state index is 13.1. The Kier molecular flexibility index (Phi) is 4.46. The summed E-state index contributed by atoms with van der Waals surface area (Å²) in [6, 6.07) is 7.53. The van der Waals surface area contributed by atoms with E-state index in [4.69, 9.17) is 4.74 Å². The van der Waals surface area contributed by atoms with Crippen molar-refractivity contribution in [2.24, 2.45) is 7.05 Å². The lowest BCUT2D eigenvalue weighted by Gasteiger charge is -2.28. The fourth-order valence-electron chi connectivity index (χ4n) is 3.94. The van der Waals surface area contributed by atoms with Gasteiger partial charge in [0.05, 0.1) is 31.0 Å². The van der Waals surface area contributed by atoms with Gasteiger partial charge in [0.1, 0.15) is 11.4 Å². The van der Waals surface area contributed by atoms with Crippen LogP contribution in [0.15, 0.2) is 43.0 Å². The maximum Gasteiger partial charge on any atom is 0.273 e. The summed E-state index contributed by atoms with van der Waals surface area (Å²) in [6.07, 6.45) is 6.27. The Morgan fingerprint density at radius 3 is 2.87 bits per heavy atom. The first-order valence-electron chi connectivity index (χ1n) is 9.89. The normalized spacial score (nSPS) is 14.6. The number of pyridine rings is 1. The third-order valence-electron chi connectivity index (χ3n) is 5.57. The number of aromatic nitrogens is 3. The van der Waals surface area contributed by atoms with Gasteiger partial charge in [0, 0.05) is 44.2 Å². The summed E-state index contributed by atoms with van der Waals surface area (Å²) in [7, 11) is 1.77. The second-order valence-electron chi connectivity index (χ2n) is 7.57. The molecule has 0 bridgehead atoms. The van der Waals surface area contributed by atoms with Crippen LogP contribution >= 0.6 is 0 Å². The molecule has 5 rings (SSSR count). The molecule has 0 saturated heterocycles. The lowest BCUT2D eigenvalue weighted by molar-refractivity contribution is 0.0733. The van der Waals surface area contributed by atoms with Crippen LogP contribution in [0.3, 0.4) is 0 Å². The SMILES string of the molecule is Cn1cncc1C(=O)Nc1cnc2c(c1)CN(C(=O)c1ccc3c(c1)CCO3)CC2. The molecule has 0 atom stereocenters. The molecule has 2 aliphatic heterocycles. The zero-order valence-corrected chi connectivity index (χ0v) is 16.6. The van der Waals surface area contributed by atoms with E-state index in [2.05, 4.69) is 15.3 Å². The van der Waals surface area contributed by atoms with Crippen LogP contribution in [-0.2, 0) is 26.4 Å². The second-order valence-corrected chi connectivity index (χ2v) is 7.57. The molecule has 4 heterocycles. The van der Waals surface area contributed by atoms with Gasteiger partial charge in [0.15, 0.2) is 0 Å². The highest BCUT2D eigenvalue weighted by molar-refractivity contribution is 6.03. The zero-order valence-electron chi connectivity index (χ0n) is 16.6. The fraction of sp³-hybridized carbons (Fsp3) is 0.273.